The summed E-state index contributed by atoms with van der Waals surface area (Å²) < 4.78 is 29.8. The Balaban J connectivity index is 1.43. The number of carbonyl (C=O) groups excluding carboxylic acids is 3. The molecule has 0 atom stereocenters. The van der Waals surface area contributed by atoms with Gasteiger partial charge in [0.25, 0.3) is 5.91 Å². The van der Waals surface area contributed by atoms with Crippen LogP contribution in [0.4, 0.5) is 11.4 Å². The normalized spacial score (nSPS) is 13.4. The number of amides is 2. The van der Waals surface area contributed by atoms with Crippen molar-refractivity contribution >= 4 is 39.0 Å². The van der Waals surface area contributed by atoms with Gasteiger partial charge in [-0.2, -0.15) is 0 Å². The van der Waals surface area contributed by atoms with Crippen molar-refractivity contribution in [2.75, 3.05) is 23.1 Å². The average Bonchev–Trinajstić information content (AvgIpc) is 3.72. The number of rotatable bonds is 10. The number of esters is 1. The van der Waals surface area contributed by atoms with Crippen molar-refractivity contribution in [1.82, 2.24) is 0 Å². The third-order valence-corrected chi connectivity index (χ3v) is 8.58. The summed E-state index contributed by atoms with van der Waals surface area (Å²) in [4.78, 5) is 40.3. The second-order valence-corrected chi connectivity index (χ2v) is 12.2. The molecule has 1 fully saturated rings. The van der Waals surface area contributed by atoms with Crippen LogP contribution >= 0.6 is 0 Å². The molecule has 9 heteroatoms. The highest BCUT2D eigenvalue weighted by molar-refractivity contribution is 7.91. The summed E-state index contributed by atoms with van der Waals surface area (Å²) in [6, 6.07) is 21.7. The predicted octanol–water partition coefficient (Wildman–Crippen LogP) is 4.65. The summed E-state index contributed by atoms with van der Waals surface area (Å²) in [6.45, 7) is 3.24. The fourth-order valence-electron chi connectivity index (χ4n) is 4.33. The van der Waals surface area contributed by atoms with Gasteiger partial charge in [0.1, 0.15) is 5.54 Å². The van der Waals surface area contributed by atoms with E-state index in [2.05, 4.69) is 5.32 Å². The van der Waals surface area contributed by atoms with Crippen LogP contribution in [0, 0.1) is 5.92 Å². The zero-order chi connectivity index (χ0) is 28.2. The van der Waals surface area contributed by atoms with Gasteiger partial charge in [0.2, 0.25) is 5.91 Å². The molecular weight excluding hydrogens is 516 g/mol. The second kappa shape index (κ2) is 11.4. The van der Waals surface area contributed by atoms with Crippen LogP contribution in [0.1, 0.15) is 42.6 Å². The zero-order valence-corrected chi connectivity index (χ0v) is 23.0. The van der Waals surface area contributed by atoms with E-state index < -0.39 is 27.3 Å². The Kier molecular flexibility index (Phi) is 8.20. The fraction of sp³-hybridized carbons (Fsp3) is 0.300. The van der Waals surface area contributed by atoms with Crippen molar-refractivity contribution in [2.24, 2.45) is 5.92 Å². The van der Waals surface area contributed by atoms with Crippen LogP contribution in [0.15, 0.2) is 83.8 Å². The number of hydrogen-bond donors (Lipinski definition) is 1. The SMILES string of the molecule is COC(=O)C(C)(C)N(C(=O)c1ccc(NC(=O)Cc2ccc(S(=O)(=O)CC3CC3)cc2)cc1)c1ccccc1. The van der Waals surface area contributed by atoms with E-state index in [1.54, 1.807) is 86.6 Å². The minimum absolute atomic E-state index is 0.0682. The number of anilines is 2. The molecule has 0 saturated heterocycles. The van der Waals surface area contributed by atoms with E-state index in [4.69, 9.17) is 4.74 Å². The summed E-state index contributed by atoms with van der Waals surface area (Å²) in [5.74, 6) is -0.791. The minimum Gasteiger partial charge on any atom is -0.467 e. The molecule has 204 valence electrons. The maximum absolute atomic E-state index is 13.5. The molecule has 4 rings (SSSR count). The van der Waals surface area contributed by atoms with E-state index in [0.29, 0.717) is 22.5 Å². The Labute approximate surface area is 228 Å². The average molecular weight is 549 g/mol. The summed E-state index contributed by atoms with van der Waals surface area (Å²) in [7, 11) is -2.02. The van der Waals surface area contributed by atoms with E-state index in [1.807, 2.05) is 6.07 Å². The Bertz CT molecular complexity index is 1450. The third kappa shape index (κ3) is 6.72. The monoisotopic (exact) mass is 548 g/mol. The topological polar surface area (TPSA) is 110 Å². The van der Waals surface area contributed by atoms with Crippen LogP contribution < -0.4 is 10.2 Å². The first-order valence-electron chi connectivity index (χ1n) is 12.7. The number of methoxy groups -OCH3 is 1. The molecule has 0 aliphatic heterocycles. The standard InChI is InChI=1S/C30H32N2O6S/c1-30(2,29(35)38-3)32(25-7-5-4-6-8-25)28(34)23-13-15-24(16-14-23)31-27(33)19-21-11-17-26(18-12-21)39(36,37)20-22-9-10-22/h4-8,11-18,22H,9-10,19-20H2,1-3H3,(H,31,33). The summed E-state index contributed by atoms with van der Waals surface area (Å²) in [5.41, 5.74) is 0.790. The van der Waals surface area contributed by atoms with E-state index in [-0.39, 0.29) is 28.9 Å². The first kappa shape index (κ1) is 28.0. The summed E-state index contributed by atoms with van der Waals surface area (Å²) in [6.07, 6.45) is 1.99. The van der Waals surface area contributed by atoms with Gasteiger partial charge in [0, 0.05) is 16.9 Å². The number of para-hydroxylation sites is 1. The minimum atomic E-state index is -3.30. The van der Waals surface area contributed by atoms with Gasteiger partial charge in [-0.05, 0) is 86.7 Å². The molecular formula is C30H32N2O6S. The molecule has 0 bridgehead atoms. The maximum Gasteiger partial charge on any atom is 0.331 e. The van der Waals surface area contributed by atoms with Crippen molar-refractivity contribution < 1.29 is 27.5 Å². The summed E-state index contributed by atoms with van der Waals surface area (Å²) >= 11 is 0. The molecule has 8 nitrogen and oxygen atoms in total. The fourth-order valence-corrected chi connectivity index (χ4v) is 6.03. The molecule has 0 heterocycles. The van der Waals surface area contributed by atoms with Crippen molar-refractivity contribution in [2.45, 2.75) is 43.5 Å². The van der Waals surface area contributed by atoms with E-state index in [0.717, 1.165) is 12.8 Å². The number of hydrogen-bond acceptors (Lipinski definition) is 6. The molecule has 1 N–H and O–H groups in total. The second-order valence-electron chi connectivity index (χ2n) is 10.2. The number of nitrogens with zero attached hydrogens (tertiary/aromatic N) is 1. The first-order valence-corrected chi connectivity index (χ1v) is 14.4. The Morgan fingerprint density at radius 1 is 0.923 bits per heavy atom. The lowest BCUT2D eigenvalue weighted by Gasteiger charge is -2.36. The van der Waals surface area contributed by atoms with Crippen LogP contribution in [0.2, 0.25) is 0 Å². The van der Waals surface area contributed by atoms with Gasteiger partial charge in [-0.3, -0.25) is 14.5 Å². The lowest BCUT2D eigenvalue weighted by atomic mass is 9.99. The molecule has 39 heavy (non-hydrogen) atoms. The van der Waals surface area contributed by atoms with Gasteiger partial charge in [-0.25, -0.2) is 13.2 Å². The third-order valence-electron chi connectivity index (χ3n) is 6.68. The van der Waals surface area contributed by atoms with Crippen molar-refractivity contribution in [3.8, 4) is 0 Å². The highest BCUT2D eigenvalue weighted by Crippen LogP contribution is 2.32. The first-order chi connectivity index (χ1) is 18.5. The molecule has 1 aliphatic rings. The molecule has 2 amide bonds. The predicted molar refractivity (Wildman–Crippen MR) is 149 cm³/mol. The molecule has 1 saturated carbocycles. The van der Waals surface area contributed by atoms with Crippen LogP contribution in [0.25, 0.3) is 0 Å². The van der Waals surface area contributed by atoms with E-state index in [1.165, 1.54) is 12.0 Å². The lowest BCUT2D eigenvalue weighted by molar-refractivity contribution is -0.145. The van der Waals surface area contributed by atoms with Crippen molar-refractivity contribution in [3.63, 3.8) is 0 Å². The Hall–Kier alpha value is -3.98. The Morgan fingerprint density at radius 2 is 1.54 bits per heavy atom. The number of carbonyl (C=O) groups is 3. The molecule has 1 aliphatic carbocycles. The van der Waals surface area contributed by atoms with E-state index in [9.17, 15) is 22.8 Å². The van der Waals surface area contributed by atoms with Crippen LogP contribution in [0.3, 0.4) is 0 Å². The highest BCUT2D eigenvalue weighted by atomic mass is 32.2. The van der Waals surface area contributed by atoms with Crippen LogP contribution in [-0.2, 0) is 30.6 Å². The van der Waals surface area contributed by atoms with Gasteiger partial charge in [-0.1, -0.05) is 30.3 Å². The number of ether oxygens (including phenoxy) is 1. The molecule has 3 aromatic rings. The molecule has 0 spiro atoms. The molecule has 3 aromatic carbocycles. The molecule has 0 aromatic heterocycles. The van der Waals surface area contributed by atoms with Gasteiger partial charge in [0.15, 0.2) is 9.84 Å². The van der Waals surface area contributed by atoms with Crippen LogP contribution in [0.5, 0.6) is 0 Å². The number of nitrogens with one attached hydrogen (secondary N) is 1. The van der Waals surface area contributed by atoms with Crippen molar-refractivity contribution in [3.05, 3.63) is 90.0 Å². The molecule has 0 unspecified atom stereocenters. The smallest absolute Gasteiger partial charge is 0.331 e. The van der Waals surface area contributed by atoms with Crippen LogP contribution in [-0.4, -0.2) is 44.6 Å². The number of benzene rings is 3. The van der Waals surface area contributed by atoms with Gasteiger partial charge < -0.3 is 10.1 Å². The van der Waals surface area contributed by atoms with Gasteiger partial charge >= 0.3 is 5.97 Å². The van der Waals surface area contributed by atoms with E-state index >= 15 is 0 Å². The highest BCUT2D eigenvalue weighted by Gasteiger charge is 2.40. The van der Waals surface area contributed by atoms with Crippen molar-refractivity contribution in [1.29, 1.82) is 0 Å². The lowest BCUT2D eigenvalue weighted by Crippen LogP contribution is -2.54. The quantitative estimate of drug-likeness (QED) is 0.370. The zero-order valence-electron chi connectivity index (χ0n) is 22.2. The number of sulfone groups is 1. The van der Waals surface area contributed by atoms with Gasteiger partial charge in [-0.15, -0.1) is 0 Å². The Morgan fingerprint density at radius 3 is 2.10 bits per heavy atom. The summed E-state index contributed by atoms with van der Waals surface area (Å²) in [5, 5.41) is 2.80. The molecule has 0 radical (unpaired) electrons. The maximum atomic E-state index is 13.5. The largest absolute Gasteiger partial charge is 0.467 e. The van der Waals surface area contributed by atoms with Gasteiger partial charge in [0.05, 0.1) is 24.2 Å².